The van der Waals surface area contributed by atoms with E-state index < -0.39 is 4.92 Å². The molecular formula is C9H11N7O2S. The summed E-state index contributed by atoms with van der Waals surface area (Å²) < 4.78 is 0. The zero-order valence-electron chi connectivity index (χ0n) is 9.95. The first-order valence-electron chi connectivity index (χ1n) is 5.22. The fourth-order valence-corrected chi connectivity index (χ4v) is 2.01. The summed E-state index contributed by atoms with van der Waals surface area (Å²) in [5.41, 5.74) is 4.03. The second kappa shape index (κ2) is 5.54. The molecule has 2 heterocycles. The first-order chi connectivity index (χ1) is 9.11. The van der Waals surface area contributed by atoms with Crippen molar-refractivity contribution in [2.75, 3.05) is 10.7 Å². The molecule has 0 unspecified atom stereocenters. The number of nitrogens with two attached hydrogens (primary N) is 1. The number of nitrogens with zero attached hydrogens (tertiary/aromatic N) is 4. The molecule has 0 saturated carbocycles. The molecule has 2 aromatic rings. The van der Waals surface area contributed by atoms with Crippen LogP contribution in [-0.4, -0.2) is 19.9 Å². The third-order valence-electron chi connectivity index (χ3n) is 2.28. The predicted octanol–water partition coefficient (Wildman–Crippen LogP) is 1.05. The van der Waals surface area contributed by atoms with Crippen molar-refractivity contribution in [3.05, 3.63) is 32.4 Å². The number of nitro groups is 1. The van der Waals surface area contributed by atoms with Crippen molar-refractivity contribution in [3.63, 3.8) is 0 Å². The molecule has 0 amide bonds. The van der Waals surface area contributed by atoms with E-state index in [0.717, 1.165) is 4.88 Å². The fourth-order valence-electron chi connectivity index (χ4n) is 1.47. The number of anilines is 2. The Balaban J connectivity index is 2.30. The van der Waals surface area contributed by atoms with Crippen molar-refractivity contribution >= 4 is 28.8 Å². The molecule has 0 aliphatic carbocycles. The van der Waals surface area contributed by atoms with Gasteiger partial charge in [0, 0.05) is 11.1 Å². The lowest BCUT2D eigenvalue weighted by Gasteiger charge is -2.08. The maximum absolute atomic E-state index is 11.0. The maximum Gasteiger partial charge on any atom is 0.332 e. The summed E-state index contributed by atoms with van der Waals surface area (Å²) in [5, 5.41) is 13.9. The lowest BCUT2D eigenvalue weighted by atomic mass is 10.3. The Kier molecular flexibility index (Phi) is 3.82. The SMILES string of the molecule is Cc1nc(NN)nc(NCc2cncs2)c1[N+](=O)[O-]. The van der Waals surface area contributed by atoms with Crippen LogP contribution in [0.3, 0.4) is 0 Å². The minimum Gasteiger partial charge on any atom is -0.359 e. The Bertz CT molecular complexity index is 587. The minimum atomic E-state index is -0.523. The Morgan fingerprint density at radius 1 is 1.53 bits per heavy atom. The molecule has 9 nitrogen and oxygen atoms in total. The van der Waals surface area contributed by atoms with E-state index >= 15 is 0 Å². The van der Waals surface area contributed by atoms with Gasteiger partial charge in [0.05, 0.1) is 17.0 Å². The van der Waals surface area contributed by atoms with Crippen LogP contribution in [0.15, 0.2) is 11.7 Å². The largest absolute Gasteiger partial charge is 0.359 e. The van der Waals surface area contributed by atoms with Gasteiger partial charge in [-0.3, -0.25) is 20.5 Å². The van der Waals surface area contributed by atoms with Crippen LogP contribution in [0, 0.1) is 17.0 Å². The molecule has 0 aliphatic heterocycles. The molecule has 0 aromatic carbocycles. The molecule has 0 atom stereocenters. The molecule has 0 aliphatic rings. The summed E-state index contributed by atoms with van der Waals surface area (Å²) in [7, 11) is 0. The number of nitrogens with one attached hydrogen (secondary N) is 2. The number of aryl methyl sites for hydroxylation is 1. The number of thiazole rings is 1. The lowest BCUT2D eigenvalue weighted by Crippen LogP contribution is -2.14. The van der Waals surface area contributed by atoms with Crippen molar-refractivity contribution < 1.29 is 4.92 Å². The topological polar surface area (TPSA) is 132 Å². The van der Waals surface area contributed by atoms with Crippen LogP contribution in [0.4, 0.5) is 17.5 Å². The van der Waals surface area contributed by atoms with E-state index in [4.69, 9.17) is 5.84 Å². The van der Waals surface area contributed by atoms with E-state index in [-0.39, 0.29) is 23.1 Å². The van der Waals surface area contributed by atoms with Crippen LogP contribution in [0.5, 0.6) is 0 Å². The van der Waals surface area contributed by atoms with Gasteiger partial charge in [0.1, 0.15) is 5.69 Å². The summed E-state index contributed by atoms with van der Waals surface area (Å²) in [6.07, 6.45) is 1.68. The van der Waals surface area contributed by atoms with Crippen LogP contribution >= 0.6 is 11.3 Å². The summed E-state index contributed by atoms with van der Waals surface area (Å²) in [6, 6.07) is 0. The van der Waals surface area contributed by atoms with Crippen LogP contribution in [-0.2, 0) is 6.54 Å². The normalized spacial score (nSPS) is 10.2. The van der Waals surface area contributed by atoms with Gasteiger partial charge in [-0.05, 0) is 6.92 Å². The number of hydrogen-bond acceptors (Lipinski definition) is 9. The zero-order valence-corrected chi connectivity index (χ0v) is 10.8. The van der Waals surface area contributed by atoms with Crippen LogP contribution in [0.2, 0.25) is 0 Å². The average molecular weight is 281 g/mol. The number of hydrazine groups is 1. The average Bonchev–Trinajstić information content (AvgIpc) is 2.88. The van der Waals surface area contributed by atoms with E-state index in [0.29, 0.717) is 6.54 Å². The molecule has 2 aromatic heterocycles. The Morgan fingerprint density at radius 3 is 2.89 bits per heavy atom. The first kappa shape index (κ1) is 13.1. The second-order valence-electron chi connectivity index (χ2n) is 3.55. The molecule has 19 heavy (non-hydrogen) atoms. The summed E-state index contributed by atoms with van der Waals surface area (Å²) in [5.74, 6) is 5.47. The molecule has 0 spiro atoms. The minimum absolute atomic E-state index is 0.120. The van der Waals surface area contributed by atoms with Gasteiger partial charge in [-0.1, -0.05) is 0 Å². The van der Waals surface area contributed by atoms with Crippen molar-refractivity contribution in [1.29, 1.82) is 0 Å². The van der Waals surface area contributed by atoms with Gasteiger partial charge < -0.3 is 5.32 Å². The molecule has 10 heteroatoms. The summed E-state index contributed by atoms with van der Waals surface area (Å²) in [4.78, 5) is 23.2. The molecule has 4 N–H and O–H groups in total. The molecule has 100 valence electrons. The molecule has 0 bridgehead atoms. The van der Waals surface area contributed by atoms with Gasteiger partial charge in [-0.2, -0.15) is 4.98 Å². The highest BCUT2D eigenvalue weighted by atomic mass is 32.1. The number of nitrogen functional groups attached to an aromatic ring is 1. The van der Waals surface area contributed by atoms with Crippen molar-refractivity contribution in [2.45, 2.75) is 13.5 Å². The van der Waals surface area contributed by atoms with Gasteiger partial charge >= 0.3 is 5.69 Å². The van der Waals surface area contributed by atoms with Crippen LogP contribution in [0.1, 0.15) is 10.6 Å². The third kappa shape index (κ3) is 2.92. The van der Waals surface area contributed by atoms with Gasteiger partial charge in [0.2, 0.25) is 11.8 Å². The third-order valence-corrected chi connectivity index (χ3v) is 3.06. The number of hydrogen-bond donors (Lipinski definition) is 3. The van der Waals surface area contributed by atoms with Crippen LogP contribution < -0.4 is 16.6 Å². The van der Waals surface area contributed by atoms with Crippen molar-refractivity contribution in [1.82, 2.24) is 15.0 Å². The highest BCUT2D eigenvalue weighted by molar-refractivity contribution is 7.09. The fraction of sp³-hybridized carbons (Fsp3) is 0.222. The van der Waals surface area contributed by atoms with E-state index in [1.807, 2.05) is 0 Å². The first-order valence-corrected chi connectivity index (χ1v) is 6.10. The maximum atomic E-state index is 11.0. The highest BCUT2D eigenvalue weighted by Gasteiger charge is 2.21. The van der Waals surface area contributed by atoms with Gasteiger partial charge in [0.25, 0.3) is 0 Å². The number of aromatic nitrogens is 3. The Morgan fingerprint density at radius 2 is 2.32 bits per heavy atom. The predicted molar refractivity (Wildman–Crippen MR) is 70.7 cm³/mol. The van der Waals surface area contributed by atoms with Crippen molar-refractivity contribution in [3.8, 4) is 0 Å². The van der Waals surface area contributed by atoms with E-state index in [1.165, 1.54) is 18.3 Å². The van der Waals surface area contributed by atoms with E-state index in [1.54, 1.807) is 11.7 Å². The van der Waals surface area contributed by atoms with E-state index in [2.05, 4.69) is 25.7 Å². The molecule has 0 fully saturated rings. The quantitative estimate of drug-likeness (QED) is 0.421. The molecular weight excluding hydrogens is 270 g/mol. The summed E-state index contributed by atoms with van der Waals surface area (Å²) in [6.45, 7) is 1.92. The molecule has 2 rings (SSSR count). The standard InChI is InChI=1S/C9H11N7O2S/c1-5-7(16(17)18)8(14-9(13-5)15-10)12-3-6-2-11-4-19-6/h2,4H,3,10H2,1H3,(H2,12,13,14,15). The van der Waals surface area contributed by atoms with Gasteiger partial charge in [-0.15, -0.1) is 11.3 Å². The van der Waals surface area contributed by atoms with E-state index in [9.17, 15) is 10.1 Å². The van der Waals surface area contributed by atoms with Crippen molar-refractivity contribution in [2.24, 2.45) is 5.84 Å². The molecule has 0 saturated heterocycles. The molecule has 0 radical (unpaired) electrons. The second-order valence-corrected chi connectivity index (χ2v) is 4.52. The monoisotopic (exact) mass is 281 g/mol. The highest BCUT2D eigenvalue weighted by Crippen LogP contribution is 2.26. The van der Waals surface area contributed by atoms with Crippen LogP contribution in [0.25, 0.3) is 0 Å². The Hall–Kier alpha value is -2.33. The summed E-state index contributed by atoms with van der Waals surface area (Å²) >= 11 is 1.44. The smallest absolute Gasteiger partial charge is 0.332 e. The van der Waals surface area contributed by atoms with Gasteiger partial charge in [-0.25, -0.2) is 10.8 Å². The number of rotatable bonds is 5. The Labute approximate surface area is 112 Å². The lowest BCUT2D eigenvalue weighted by molar-refractivity contribution is -0.385. The zero-order chi connectivity index (χ0) is 13.8. The van der Waals surface area contributed by atoms with Gasteiger partial charge in [0.15, 0.2) is 0 Å².